The van der Waals surface area contributed by atoms with E-state index in [1.54, 1.807) is 30.3 Å². The van der Waals surface area contributed by atoms with Crippen molar-refractivity contribution in [3.05, 3.63) is 112 Å². The molecule has 0 spiro atoms. The van der Waals surface area contributed by atoms with Crippen LogP contribution >= 0.6 is 11.3 Å². The average molecular weight is 466 g/mol. The lowest BCUT2D eigenvalue weighted by Crippen LogP contribution is -2.24. The van der Waals surface area contributed by atoms with Crippen LogP contribution in [-0.2, 0) is 4.79 Å². The van der Waals surface area contributed by atoms with Crippen molar-refractivity contribution in [2.75, 3.05) is 5.01 Å². The van der Waals surface area contributed by atoms with Crippen LogP contribution in [0.15, 0.2) is 99.4 Å². The number of hydrazone groups is 1. The fourth-order valence-electron chi connectivity index (χ4n) is 3.42. The third-order valence-corrected chi connectivity index (χ3v) is 6.15. The molecular formula is C27H19N3O3S. The molecular weight excluding hydrogens is 446 g/mol. The van der Waals surface area contributed by atoms with Crippen LogP contribution in [-0.4, -0.2) is 17.1 Å². The predicted octanol–water partition coefficient (Wildman–Crippen LogP) is 5.79. The van der Waals surface area contributed by atoms with Crippen molar-refractivity contribution in [2.45, 2.75) is 6.92 Å². The van der Waals surface area contributed by atoms with E-state index in [-0.39, 0.29) is 16.9 Å². The molecule has 2 heterocycles. The molecule has 0 saturated heterocycles. The summed E-state index contributed by atoms with van der Waals surface area (Å²) >= 11 is 1.36. The maximum absolute atomic E-state index is 13.2. The number of carbonyl (C=O) groups excluding carboxylic acids is 1. The van der Waals surface area contributed by atoms with Crippen LogP contribution in [0.25, 0.3) is 27.3 Å². The van der Waals surface area contributed by atoms with E-state index in [0.717, 1.165) is 21.3 Å². The van der Waals surface area contributed by atoms with Gasteiger partial charge in [0.2, 0.25) is 10.6 Å². The molecule has 0 fully saturated rings. The Morgan fingerprint density at radius 1 is 1.06 bits per heavy atom. The van der Waals surface area contributed by atoms with Gasteiger partial charge in [0.15, 0.2) is 0 Å². The molecule has 34 heavy (non-hydrogen) atoms. The van der Waals surface area contributed by atoms with Gasteiger partial charge in [0, 0.05) is 6.08 Å². The quantitative estimate of drug-likeness (QED) is 0.187. The number of anilines is 1. The highest BCUT2D eigenvalue weighted by Gasteiger charge is 2.18. The van der Waals surface area contributed by atoms with Gasteiger partial charge in [-0.3, -0.25) is 9.59 Å². The van der Waals surface area contributed by atoms with Gasteiger partial charge in [0.25, 0.3) is 5.91 Å². The maximum atomic E-state index is 13.2. The highest BCUT2D eigenvalue weighted by atomic mass is 32.1. The number of para-hydroxylation sites is 1. The van der Waals surface area contributed by atoms with Crippen LogP contribution in [0.2, 0.25) is 0 Å². The number of nitrogens with zero attached hydrogens (tertiary/aromatic N) is 3. The summed E-state index contributed by atoms with van der Waals surface area (Å²) in [5, 5.41) is 6.41. The Kier molecular flexibility index (Phi) is 5.84. The summed E-state index contributed by atoms with van der Waals surface area (Å²) in [6.07, 6.45) is 5.84. The molecule has 0 aliphatic rings. The number of fused-ring (bicyclic) bond motifs is 2. The summed E-state index contributed by atoms with van der Waals surface area (Å²) in [4.78, 5) is 30.6. The van der Waals surface area contributed by atoms with Crippen molar-refractivity contribution in [3.63, 3.8) is 0 Å². The normalized spacial score (nSPS) is 11.7. The molecule has 0 atom stereocenters. The van der Waals surface area contributed by atoms with Crippen LogP contribution in [0, 0.1) is 6.92 Å². The molecule has 1 amide bonds. The molecule has 2 aromatic heterocycles. The SMILES string of the molecule is Cc1ccc2nc(N(/N=C/c3coc4ccccc4c3=O)C(=O)/C=C/c3ccccc3)sc2c1. The maximum Gasteiger partial charge on any atom is 0.273 e. The Bertz CT molecular complexity index is 1620. The van der Waals surface area contributed by atoms with Gasteiger partial charge in [-0.2, -0.15) is 10.1 Å². The molecule has 3 aromatic carbocycles. The largest absolute Gasteiger partial charge is 0.463 e. The first-order chi connectivity index (χ1) is 16.6. The first kappa shape index (κ1) is 21.5. The number of hydrogen-bond acceptors (Lipinski definition) is 6. The first-order valence-electron chi connectivity index (χ1n) is 10.6. The third kappa shape index (κ3) is 4.42. The van der Waals surface area contributed by atoms with Crippen molar-refractivity contribution in [3.8, 4) is 0 Å². The molecule has 5 rings (SSSR count). The van der Waals surface area contributed by atoms with Crippen LogP contribution in [0.3, 0.4) is 0 Å². The molecule has 0 N–H and O–H groups in total. The summed E-state index contributed by atoms with van der Waals surface area (Å²) in [7, 11) is 0. The van der Waals surface area contributed by atoms with Gasteiger partial charge in [0.1, 0.15) is 11.8 Å². The minimum absolute atomic E-state index is 0.224. The van der Waals surface area contributed by atoms with E-state index in [1.165, 1.54) is 34.9 Å². The van der Waals surface area contributed by atoms with Gasteiger partial charge in [-0.05, 0) is 48.4 Å². The fraction of sp³-hybridized carbons (Fsp3) is 0.0370. The van der Waals surface area contributed by atoms with Crippen LogP contribution in [0.5, 0.6) is 0 Å². The summed E-state index contributed by atoms with van der Waals surface area (Å²) in [5.74, 6) is -0.388. The Balaban J connectivity index is 1.54. The second kappa shape index (κ2) is 9.25. The van der Waals surface area contributed by atoms with Crippen molar-refractivity contribution in [2.24, 2.45) is 5.10 Å². The molecule has 0 saturated carbocycles. The van der Waals surface area contributed by atoms with Crippen molar-refractivity contribution >= 4 is 55.9 Å². The van der Waals surface area contributed by atoms with Gasteiger partial charge in [-0.25, -0.2) is 4.98 Å². The molecule has 6 nitrogen and oxygen atoms in total. The Morgan fingerprint density at radius 2 is 1.85 bits per heavy atom. The summed E-state index contributed by atoms with van der Waals surface area (Å²) < 4.78 is 6.51. The average Bonchev–Trinajstić information content (AvgIpc) is 3.27. The van der Waals surface area contributed by atoms with Gasteiger partial charge < -0.3 is 4.42 Å². The van der Waals surface area contributed by atoms with E-state index in [1.807, 2.05) is 55.5 Å². The fourth-order valence-corrected chi connectivity index (χ4v) is 4.44. The second-order valence-corrected chi connectivity index (χ2v) is 8.63. The number of amides is 1. The molecule has 0 aliphatic carbocycles. The number of thiazole rings is 1. The lowest BCUT2D eigenvalue weighted by atomic mass is 10.2. The summed E-state index contributed by atoms with van der Waals surface area (Å²) in [5.41, 5.74) is 3.26. The smallest absolute Gasteiger partial charge is 0.273 e. The molecule has 0 radical (unpaired) electrons. The number of carbonyl (C=O) groups is 1. The van der Waals surface area contributed by atoms with Crippen molar-refractivity contribution in [1.82, 2.24) is 4.98 Å². The van der Waals surface area contributed by atoms with Gasteiger partial charge in [-0.15, -0.1) is 0 Å². The van der Waals surface area contributed by atoms with E-state index in [9.17, 15) is 9.59 Å². The van der Waals surface area contributed by atoms with E-state index in [4.69, 9.17) is 4.42 Å². The van der Waals surface area contributed by atoms with Gasteiger partial charge in [-0.1, -0.05) is 59.9 Å². The summed E-state index contributed by atoms with van der Waals surface area (Å²) in [6, 6.07) is 22.4. The van der Waals surface area contributed by atoms with Gasteiger partial charge in [0.05, 0.1) is 27.4 Å². The number of aryl methyl sites for hydroxylation is 1. The molecule has 0 unspecified atom stereocenters. The Labute approximate surface area is 199 Å². The number of hydrogen-bond donors (Lipinski definition) is 0. The minimum Gasteiger partial charge on any atom is -0.463 e. The number of aromatic nitrogens is 1. The van der Waals surface area contributed by atoms with E-state index in [2.05, 4.69) is 10.1 Å². The topological polar surface area (TPSA) is 75.8 Å². The van der Waals surface area contributed by atoms with Crippen LogP contribution < -0.4 is 10.4 Å². The third-order valence-electron chi connectivity index (χ3n) is 5.16. The molecule has 5 aromatic rings. The second-order valence-electron chi connectivity index (χ2n) is 7.62. The predicted molar refractivity (Wildman–Crippen MR) is 137 cm³/mol. The zero-order valence-corrected chi connectivity index (χ0v) is 19.0. The first-order valence-corrected chi connectivity index (χ1v) is 11.4. The Morgan fingerprint density at radius 3 is 2.71 bits per heavy atom. The molecule has 166 valence electrons. The lowest BCUT2D eigenvalue weighted by molar-refractivity contribution is -0.114. The molecule has 7 heteroatoms. The van der Waals surface area contributed by atoms with Crippen LogP contribution in [0.1, 0.15) is 16.7 Å². The zero-order chi connectivity index (χ0) is 23.5. The van der Waals surface area contributed by atoms with Gasteiger partial charge >= 0.3 is 0 Å². The Hall–Kier alpha value is -4.36. The zero-order valence-electron chi connectivity index (χ0n) is 18.2. The summed E-state index contributed by atoms with van der Waals surface area (Å²) in [6.45, 7) is 2.00. The number of benzene rings is 3. The standard InChI is InChI=1S/C27H19N3O3S/c1-18-11-13-22-24(15-18)34-27(29-22)30(25(31)14-12-19-7-3-2-4-8-19)28-16-20-17-33-23-10-6-5-9-21(23)26(20)32/h2-17H,1H3/b14-12+,28-16+. The van der Waals surface area contributed by atoms with E-state index in [0.29, 0.717) is 16.1 Å². The van der Waals surface area contributed by atoms with Crippen molar-refractivity contribution < 1.29 is 9.21 Å². The highest BCUT2D eigenvalue weighted by molar-refractivity contribution is 7.22. The molecule has 0 bridgehead atoms. The van der Waals surface area contributed by atoms with E-state index >= 15 is 0 Å². The monoisotopic (exact) mass is 465 g/mol. The van der Waals surface area contributed by atoms with E-state index < -0.39 is 0 Å². The van der Waals surface area contributed by atoms with Crippen molar-refractivity contribution in [1.29, 1.82) is 0 Å². The minimum atomic E-state index is -0.388. The highest BCUT2D eigenvalue weighted by Crippen LogP contribution is 2.30. The molecule has 0 aliphatic heterocycles. The van der Waals surface area contributed by atoms with Crippen LogP contribution in [0.4, 0.5) is 5.13 Å². The lowest BCUT2D eigenvalue weighted by Gasteiger charge is -2.11. The number of rotatable bonds is 5.